The number of rotatable bonds is 6. The molecule has 0 unspecified atom stereocenters. The molecule has 0 bridgehead atoms. The average molecular weight is 324 g/mol. The number of carboxylic acid groups (broad SMARTS) is 1. The van der Waals surface area contributed by atoms with Crippen LogP contribution >= 0.6 is 0 Å². The fourth-order valence-electron chi connectivity index (χ4n) is 0.806. The monoisotopic (exact) mass is 324 g/mol. The molecule has 0 atom stereocenters. The molecule has 0 rings (SSSR count). The van der Waals surface area contributed by atoms with Crippen LogP contribution in [0.5, 0.6) is 0 Å². The Morgan fingerprint density at radius 2 is 1.47 bits per heavy atom. The van der Waals surface area contributed by atoms with E-state index >= 15 is 0 Å². The number of carboxylic acids is 1. The normalized spacial score (nSPS) is 8.65. The van der Waals surface area contributed by atoms with E-state index in [1.807, 2.05) is 10.6 Å². The maximum absolute atomic E-state index is 10.5. The predicted octanol–water partition coefficient (Wildman–Crippen LogP) is -10.4. The summed E-state index contributed by atoms with van der Waals surface area (Å²) in [6.07, 6.45) is -0.570. The van der Waals surface area contributed by atoms with Crippen LogP contribution in [0.1, 0.15) is 13.3 Å². The second-order valence-corrected chi connectivity index (χ2v) is 2.20. The number of hydrogen-bond acceptors (Lipinski definition) is 8. The summed E-state index contributed by atoms with van der Waals surface area (Å²) in [5.41, 5.74) is -2.82. The van der Waals surface area contributed by atoms with Crippen LogP contribution in [-0.4, -0.2) is 32.4 Å². The summed E-state index contributed by atoms with van der Waals surface area (Å²) in [6.45, 7) is 1.15. The van der Waals surface area contributed by atoms with Gasteiger partial charge in [0.05, 0.1) is 16.5 Å². The number of hydroxylamine groups is 2. The Balaban J connectivity index is -0.000000282. The SMILES string of the molecule is CCC(C(=O)[O-])(N(O)N=O)N(O)N=O.[K+].[K+].[K+]. The zero-order chi connectivity index (χ0) is 11.4. The van der Waals surface area contributed by atoms with Crippen molar-refractivity contribution >= 4 is 5.97 Å². The molecule has 17 heavy (non-hydrogen) atoms. The molecule has 0 aliphatic heterocycles. The number of carbonyl (C=O) groups is 1. The molecule has 10 nitrogen and oxygen atoms in total. The third kappa shape index (κ3) is 7.07. The fourth-order valence-corrected chi connectivity index (χ4v) is 0.806. The van der Waals surface area contributed by atoms with E-state index in [-0.39, 0.29) is 154 Å². The minimum absolute atomic E-state index is 0. The van der Waals surface area contributed by atoms with Gasteiger partial charge in [-0.2, -0.15) is 0 Å². The Labute approximate surface area is 224 Å². The van der Waals surface area contributed by atoms with Crippen LogP contribution < -0.4 is 159 Å². The van der Waals surface area contributed by atoms with E-state index in [0.29, 0.717) is 0 Å². The molecule has 0 saturated carbocycles. The first kappa shape index (κ1) is 28.3. The van der Waals surface area contributed by atoms with Crippen molar-refractivity contribution in [2.24, 2.45) is 10.6 Å². The van der Waals surface area contributed by atoms with Crippen LogP contribution in [0.25, 0.3) is 0 Å². The van der Waals surface area contributed by atoms with Gasteiger partial charge in [0.15, 0.2) is 0 Å². The van der Waals surface area contributed by atoms with E-state index < -0.39 is 28.4 Å². The van der Waals surface area contributed by atoms with Gasteiger partial charge in [0.25, 0.3) is 0 Å². The van der Waals surface area contributed by atoms with Crippen LogP contribution in [0.15, 0.2) is 10.6 Å². The summed E-state index contributed by atoms with van der Waals surface area (Å²) in [5, 5.41) is 30.4. The molecule has 0 aliphatic rings. The molecule has 0 amide bonds. The Morgan fingerprint density at radius 1 is 1.18 bits per heavy atom. The molecule has 0 aromatic heterocycles. The van der Waals surface area contributed by atoms with Gasteiger partial charge in [0.1, 0.15) is 0 Å². The van der Waals surface area contributed by atoms with Crippen molar-refractivity contribution in [3.63, 3.8) is 0 Å². The molecule has 13 heteroatoms. The van der Waals surface area contributed by atoms with Crippen LogP contribution in [0.4, 0.5) is 0 Å². The van der Waals surface area contributed by atoms with E-state index in [2.05, 4.69) is 0 Å². The molecule has 0 aromatic carbocycles. The quantitative estimate of drug-likeness (QED) is 0.212. The average Bonchev–Trinajstić information content (AvgIpc) is 2.18. The Kier molecular flexibility index (Phi) is 23.4. The topological polar surface area (TPSA) is 146 Å². The van der Waals surface area contributed by atoms with Gasteiger partial charge >= 0.3 is 154 Å². The van der Waals surface area contributed by atoms with Crippen molar-refractivity contribution < 1.29 is 174 Å². The third-order valence-electron chi connectivity index (χ3n) is 1.64. The summed E-state index contributed by atoms with van der Waals surface area (Å²) in [7, 11) is 0. The van der Waals surface area contributed by atoms with Gasteiger partial charge in [-0.1, -0.05) is 6.92 Å². The molecule has 0 saturated heterocycles. The molecule has 0 aliphatic carbocycles. The fraction of sp³-hybridized carbons (Fsp3) is 0.750. The first-order valence-electron chi connectivity index (χ1n) is 3.33. The Bertz CT molecular complexity index is 241. The molecule has 80 valence electrons. The van der Waals surface area contributed by atoms with Gasteiger partial charge in [-0.05, 0) is 0 Å². The van der Waals surface area contributed by atoms with Crippen LogP contribution in [-0.2, 0) is 4.79 Å². The first-order valence-corrected chi connectivity index (χ1v) is 3.33. The minimum Gasteiger partial charge on any atom is -0.545 e. The van der Waals surface area contributed by atoms with Gasteiger partial charge in [-0.3, -0.25) is 10.4 Å². The van der Waals surface area contributed by atoms with Gasteiger partial charge < -0.3 is 9.90 Å². The Hall–Kier alpha value is 3.10. The van der Waals surface area contributed by atoms with Gasteiger partial charge in [-0.25, -0.2) is 0 Å². The van der Waals surface area contributed by atoms with E-state index in [1.165, 1.54) is 0 Å². The number of hydrogen-bond donors (Lipinski definition) is 2. The Morgan fingerprint density at radius 3 is 1.59 bits per heavy atom. The standard InChI is InChI=1S/C4H8N4O6.3K/c1-2-4(3(9)10,7(13)5-11)8(14)6-12;;;/h13-14H,2H2,1H3,(H,9,10);;;/q;3*+1/p-1. The molecule has 0 aromatic rings. The second kappa shape index (κ2) is 14.1. The predicted molar refractivity (Wildman–Crippen MR) is 36.9 cm³/mol. The first-order chi connectivity index (χ1) is 6.47. The number of nitroso groups, excluding NO2 is 2. The van der Waals surface area contributed by atoms with Crippen LogP contribution in [0, 0.1) is 9.81 Å². The van der Waals surface area contributed by atoms with E-state index in [4.69, 9.17) is 10.4 Å². The van der Waals surface area contributed by atoms with E-state index in [0.717, 1.165) is 6.92 Å². The largest absolute Gasteiger partial charge is 1.00 e. The maximum atomic E-state index is 10.5. The van der Waals surface area contributed by atoms with Crippen molar-refractivity contribution in [1.82, 2.24) is 10.3 Å². The smallest absolute Gasteiger partial charge is 0.545 e. The molecule has 0 radical (unpaired) electrons. The zero-order valence-corrected chi connectivity index (χ0v) is 19.4. The van der Waals surface area contributed by atoms with Crippen molar-refractivity contribution in [3.05, 3.63) is 9.81 Å². The molecular formula is C4H7K3N4O6+2. The summed E-state index contributed by atoms with van der Waals surface area (Å²) >= 11 is 0. The molecule has 2 N–H and O–H groups in total. The summed E-state index contributed by atoms with van der Waals surface area (Å²) in [5.74, 6) is -2.11. The van der Waals surface area contributed by atoms with Gasteiger partial charge in [0, 0.05) is 6.42 Å². The second-order valence-electron chi connectivity index (χ2n) is 2.20. The number of aliphatic carboxylic acids is 1. The van der Waals surface area contributed by atoms with Crippen molar-refractivity contribution in [1.29, 1.82) is 0 Å². The van der Waals surface area contributed by atoms with Gasteiger partial charge in [-0.15, -0.1) is 20.2 Å². The molecular weight excluding hydrogens is 317 g/mol. The van der Waals surface area contributed by atoms with Crippen molar-refractivity contribution in [3.8, 4) is 0 Å². The molecule has 0 heterocycles. The summed E-state index contributed by atoms with van der Waals surface area (Å²) in [6, 6.07) is 0. The zero-order valence-electron chi connectivity index (χ0n) is 10.0. The molecule has 0 spiro atoms. The minimum atomic E-state index is -2.82. The summed E-state index contributed by atoms with van der Waals surface area (Å²) < 4.78 is 0. The summed E-state index contributed by atoms with van der Waals surface area (Å²) in [4.78, 5) is 30.3. The van der Waals surface area contributed by atoms with E-state index in [1.54, 1.807) is 0 Å². The van der Waals surface area contributed by atoms with Crippen LogP contribution in [0.2, 0.25) is 0 Å². The van der Waals surface area contributed by atoms with E-state index in [9.17, 15) is 19.7 Å². The third-order valence-corrected chi connectivity index (χ3v) is 1.64. The van der Waals surface area contributed by atoms with Crippen LogP contribution in [0.3, 0.4) is 0 Å². The maximum Gasteiger partial charge on any atom is 1.00 e. The van der Waals surface area contributed by atoms with Gasteiger partial charge in [0.2, 0.25) is 5.66 Å². The van der Waals surface area contributed by atoms with Crippen molar-refractivity contribution in [2.45, 2.75) is 19.0 Å². The molecule has 0 fully saturated rings. The number of carbonyl (C=O) groups excluding carboxylic acids is 1. The van der Waals surface area contributed by atoms with Crippen molar-refractivity contribution in [2.75, 3.05) is 0 Å². The number of nitrogens with zero attached hydrogens (tertiary/aromatic N) is 4.